The van der Waals surface area contributed by atoms with Crippen molar-refractivity contribution >= 4 is 11.9 Å². The fourth-order valence-electron chi connectivity index (χ4n) is 4.17. The van der Waals surface area contributed by atoms with Gasteiger partial charge in [0.1, 0.15) is 11.9 Å². The SMILES string of the molecule is O=C(O)C(c1ccc(F)c(CO)c1)N1CCC(CCN2CCCC2=O)CC1. The van der Waals surface area contributed by atoms with Crippen LogP contribution in [0.1, 0.15) is 49.3 Å². The molecule has 1 amide bonds. The van der Waals surface area contributed by atoms with E-state index in [4.69, 9.17) is 0 Å². The summed E-state index contributed by atoms with van der Waals surface area (Å²) in [7, 11) is 0. The maximum Gasteiger partial charge on any atom is 0.325 e. The monoisotopic (exact) mass is 378 g/mol. The third kappa shape index (κ3) is 4.65. The molecule has 2 N–H and O–H groups in total. The Bertz CT molecular complexity index is 689. The number of nitrogens with zero attached hydrogens (tertiary/aromatic N) is 2. The van der Waals surface area contributed by atoms with Crippen LogP contribution < -0.4 is 0 Å². The minimum Gasteiger partial charge on any atom is -0.480 e. The molecule has 1 aromatic carbocycles. The van der Waals surface area contributed by atoms with Crippen LogP contribution in [0.25, 0.3) is 0 Å². The van der Waals surface area contributed by atoms with Crippen LogP contribution >= 0.6 is 0 Å². The van der Waals surface area contributed by atoms with E-state index in [2.05, 4.69) is 0 Å². The van der Waals surface area contributed by atoms with Crippen molar-refractivity contribution in [1.29, 1.82) is 0 Å². The Morgan fingerprint density at radius 2 is 2.00 bits per heavy atom. The Hall–Kier alpha value is -1.99. The van der Waals surface area contributed by atoms with Crippen LogP contribution in [0.5, 0.6) is 0 Å². The van der Waals surface area contributed by atoms with Gasteiger partial charge >= 0.3 is 5.97 Å². The van der Waals surface area contributed by atoms with Crippen molar-refractivity contribution in [2.24, 2.45) is 5.92 Å². The molecule has 0 spiro atoms. The first-order valence-electron chi connectivity index (χ1n) is 9.63. The Morgan fingerprint density at radius 1 is 1.26 bits per heavy atom. The van der Waals surface area contributed by atoms with E-state index >= 15 is 0 Å². The van der Waals surface area contributed by atoms with Gasteiger partial charge in [-0.05, 0) is 62.4 Å². The van der Waals surface area contributed by atoms with Crippen molar-refractivity contribution in [1.82, 2.24) is 9.80 Å². The number of likely N-dealkylation sites (tertiary alicyclic amines) is 2. The summed E-state index contributed by atoms with van der Waals surface area (Å²) in [6.07, 6.45) is 4.35. The summed E-state index contributed by atoms with van der Waals surface area (Å²) < 4.78 is 13.6. The van der Waals surface area contributed by atoms with Gasteiger partial charge in [0.2, 0.25) is 5.91 Å². The van der Waals surface area contributed by atoms with Crippen molar-refractivity contribution < 1.29 is 24.2 Å². The smallest absolute Gasteiger partial charge is 0.325 e. The molecule has 2 heterocycles. The Morgan fingerprint density at radius 3 is 2.59 bits per heavy atom. The van der Waals surface area contributed by atoms with Crippen molar-refractivity contribution in [3.05, 3.63) is 35.1 Å². The molecular weight excluding hydrogens is 351 g/mol. The van der Waals surface area contributed by atoms with Gasteiger partial charge in [-0.1, -0.05) is 6.07 Å². The number of amides is 1. The van der Waals surface area contributed by atoms with E-state index in [-0.39, 0.29) is 11.5 Å². The summed E-state index contributed by atoms with van der Waals surface area (Å²) in [5.41, 5.74) is 0.609. The highest BCUT2D eigenvalue weighted by atomic mass is 19.1. The topological polar surface area (TPSA) is 81.1 Å². The number of benzene rings is 1. The summed E-state index contributed by atoms with van der Waals surface area (Å²) in [4.78, 5) is 27.4. The molecule has 2 aliphatic heterocycles. The van der Waals surface area contributed by atoms with Crippen LogP contribution in [0.2, 0.25) is 0 Å². The maximum atomic E-state index is 13.6. The predicted molar refractivity (Wildman–Crippen MR) is 97.4 cm³/mol. The van der Waals surface area contributed by atoms with Crippen LogP contribution in [-0.4, -0.2) is 58.1 Å². The molecule has 1 atom stereocenters. The van der Waals surface area contributed by atoms with Gasteiger partial charge in [0, 0.05) is 25.1 Å². The highest BCUT2D eigenvalue weighted by molar-refractivity contribution is 5.78. The fourth-order valence-corrected chi connectivity index (χ4v) is 4.17. The first kappa shape index (κ1) is 19.8. The molecule has 0 aromatic heterocycles. The molecule has 27 heavy (non-hydrogen) atoms. The third-order valence-electron chi connectivity index (χ3n) is 5.78. The molecule has 0 saturated carbocycles. The largest absolute Gasteiger partial charge is 0.480 e. The van der Waals surface area contributed by atoms with Gasteiger partial charge in [0.05, 0.1) is 6.61 Å². The molecule has 6 nitrogen and oxygen atoms in total. The first-order valence-corrected chi connectivity index (χ1v) is 9.63. The number of carboxylic acid groups (broad SMARTS) is 1. The number of aliphatic hydroxyl groups excluding tert-OH is 1. The number of rotatable bonds is 7. The molecule has 2 aliphatic rings. The molecule has 0 aliphatic carbocycles. The van der Waals surface area contributed by atoms with Crippen molar-refractivity contribution in [2.75, 3.05) is 26.2 Å². The standard InChI is InChI=1S/C20H27FN2O4/c21-17-4-3-15(12-16(17)13-24)19(20(26)27)23-10-6-14(7-11-23)5-9-22-8-1-2-18(22)25/h3-4,12,14,19,24H,1-2,5-11,13H2,(H,26,27). The van der Waals surface area contributed by atoms with Crippen molar-refractivity contribution in [2.45, 2.75) is 44.8 Å². The van der Waals surface area contributed by atoms with Gasteiger partial charge in [0.25, 0.3) is 0 Å². The number of hydrogen-bond donors (Lipinski definition) is 2. The molecule has 1 aromatic rings. The average Bonchev–Trinajstić information content (AvgIpc) is 3.07. The van der Waals surface area contributed by atoms with Gasteiger partial charge in [-0.3, -0.25) is 14.5 Å². The number of carboxylic acids is 1. The Labute approximate surface area is 158 Å². The van der Waals surface area contributed by atoms with E-state index in [0.717, 1.165) is 38.8 Å². The van der Waals surface area contributed by atoms with Crippen LogP contribution in [0.15, 0.2) is 18.2 Å². The number of aliphatic hydroxyl groups is 1. The molecule has 0 radical (unpaired) electrons. The number of halogens is 1. The molecule has 2 fully saturated rings. The van der Waals surface area contributed by atoms with E-state index in [9.17, 15) is 24.2 Å². The predicted octanol–water partition coefficient (Wildman–Crippen LogP) is 2.17. The zero-order valence-corrected chi connectivity index (χ0v) is 15.4. The van der Waals surface area contributed by atoms with E-state index in [0.29, 0.717) is 31.0 Å². The second kappa shape index (κ2) is 8.80. The van der Waals surface area contributed by atoms with E-state index < -0.39 is 24.4 Å². The molecule has 7 heteroatoms. The van der Waals surface area contributed by atoms with Crippen LogP contribution in [-0.2, 0) is 16.2 Å². The second-order valence-electron chi connectivity index (χ2n) is 7.50. The zero-order chi connectivity index (χ0) is 19.4. The summed E-state index contributed by atoms with van der Waals surface area (Å²) in [5.74, 6) is -0.758. The second-order valence-corrected chi connectivity index (χ2v) is 7.50. The number of aliphatic carboxylic acids is 1. The van der Waals surface area contributed by atoms with Crippen molar-refractivity contribution in [3.8, 4) is 0 Å². The lowest BCUT2D eigenvalue weighted by atomic mass is 9.91. The van der Waals surface area contributed by atoms with E-state index in [1.54, 1.807) is 0 Å². The molecular formula is C20H27FN2O4. The Kier molecular flexibility index (Phi) is 6.44. The number of piperidine rings is 1. The van der Waals surface area contributed by atoms with E-state index in [1.165, 1.54) is 18.2 Å². The summed E-state index contributed by atoms with van der Waals surface area (Å²) in [6, 6.07) is 3.31. The van der Waals surface area contributed by atoms with Crippen LogP contribution in [0.4, 0.5) is 4.39 Å². The lowest BCUT2D eigenvalue weighted by Gasteiger charge is -2.36. The molecule has 2 saturated heterocycles. The average molecular weight is 378 g/mol. The lowest BCUT2D eigenvalue weighted by Crippen LogP contribution is -2.41. The molecule has 0 bridgehead atoms. The van der Waals surface area contributed by atoms with Gasteiger partial charge in [-0.2, -0.15) is 0 Å². The number of carbonyl (C=O) groups excluding carboxylic acids is 1. The molecule has 148 valence electrons. The lowest BCUT2D eigenvalue weighted by molar-refractivity contribution is -0.144. The maximum absolute atomic E-state index is 13.6. The van der Waals surface area contributed by atoms with E-state index in [1.807, 2.05) is 9.80 Å². The van der Waals surface area contributed by atoms with Crippen LogP contribution in [0.3, 0.4) is 0 Å². The fraction of sp³-hybridized carbons (Fsp3) is 0.600. The normalized spacial score (nSPS) is 20.2. The molecule has 3 rings (SSSR count). The van der Waals surface area contributed by atoms with Gasteiger partial charge in [-0.15, -0.1) is 0 Å². The van der Waals surface area contributed by atoms with Gasteiger partial charge < -0.3 is 15.1 Å². The summed E-state index contributed by atoms with van der Waals surface area (Å²) in [5, 5.41) is 19.0. The summed E-state index contributed by atoms with van der Waals surface area (Å²) >= 11 is 0. The first-order chi connectivity index (χ1) is 13.0. The zero-order valence-electron chi connectivity index (χ0n) is 15.4. The Balaban J connectivity index is 1.59. The van der Waals surface area contributed by atoms with Gasteiger partial charge in [0.15, 0.2) is 0 Å². The van der Waals surface area contributed by atoms with Gasteiger partial charge in [-0.25, -0.2) is 4.39 Å². The molecule has 1 unspecified atom stereocenters. The number of carbonyl (C=O) groups is 2. The van der Waals surface area contributed by atoms with Crippen molar-refractivity contribution in [3.63, 3.8) is 0 Å². The highest BCUT2D eigenvalue weighted by Crippen LogP contribution is 2.30. The summed E-state index contributed by atoms with van der Waals surface area (Å²) in [6.45, 7) is 2.51. The minimum atomic E-state index is -0.966. The minimum absolute atomic E-state index is 0.115. The quantitative estimate of drug-likeness (QED) is 0.760. The third-order valence-corrected chi connectivity index (χ3v) is 5.78. The highest BCUT2D eigenvalue weighted by Gasteiger charge is 2.32. The van der Waals surface area contributed by atoms with Crippen LogP contribution in [0, 0.1) is 11.7 Å². The number of hydrogen-bond acceptors (Lipinski definition) is 4.